The van der Waals surface area contributed by atoms with Gasteiger partial charge in [-0.25, -0.2) is 4.39 Å². The van der Waals surface area contributed by atoms with Crippen molar-refractivity contribution >= 4 is 23.4 Å². The van der Waals surface area contributed by atoms with Gasteiger partial charge in [0.1, 0.15) is 5.82 Å². The molecule has 14 heavy (non-hydrogen) atoms. The molecule has 1 unspecified atom stereocenters. The monoisotopic (exact) mass is 214 g/mol. The molecule has 0 aliphatic rings. The van der Waals surface area contributed by atoms with Crippen LogP contribution < -0.4 is 11.5 Å². The van der Waals surface area contributed by atoms with Crippen LogP contribution in [0.15, 0.2) is 23.1 Å². The molecule has 0 fully saturated rings. The Hall–Kier alpha value is -1.23. The van der Waals surface area contributed by atoms with Gasteiger partial charge < -0.3 is 11.5 Å². The van der Waals surface area contributed by atoms with E-state index in [0.717, 1.165) is 11.8 Å². The van der Waals surface area contributed by atoms with Crippen molar-refractivity contribution in [2.24, 2.45) is 5.73 Å². The first-order valence-electron chi connectivity index (χ1n) is 4.01. The molecule has 4 N–H and O–H groups in total. The van der Waals surface area contributed by atoms with Gasteiger partial charge in [-0.15, -0.1) is 11.8 Å². The molecular formula is C9H11FN2OS. The highest BCUT2D eigenvalue weighted by atomic mass is 32.2. The molecule has 1 aromatic rings. The van der Waals surface area contributed by atoms with Crippen molar-refractivity contribution in [2.75, 3.05) is 5.73 Å². The van der Waals surface area contributed by atoms with Crippen LogP contribution >= 0.6 is 11.8 Å². The van der Waals surface area contributed by atoms with Gasteiger partial charge in [-0.3, -0.25) is 4.79 Å². The van der Waals surface area contributed by atoms with Crippen molar-refractivity contribution in [2.45, 2.75) is 17.1 Å². The summed E-state index contributed by atoms with van der Waals surface area (Å²) in [6.45, 7) is 1.63. The summed E-state index contributed by atoms with van der Waals surface area (Å²) in [6, 6.07) is 4.34. The van der Waals surface area contributed by atoms with E-state index >= 15 is 0 Å². The third-order valence-corrected chi connectivity index (χ3v) is 2.83. The standard InChI is InChI=1S/C9H11FN2OS/c1-5(9(12)13)14-8-3-2-6(11)4-7(8)10/h2-5H,11H2,1H3,(H2,12,13). The summed E-state index contributed by atoms with van der Waals surface area (Å²) < 4.78 is 13.2. The maximum Gasteiger partial charge on any atom is 0.230 e. The van der Waals surface area contributed by atoms with Crippen LogP contribution in [0.4, 0.5) is 10.1 Å². The highest BCUT2D eigenvalue weighted by Gasteiger charge is 2.13. The Balaban J connectivity index is 2.82. The first-order valence-corrected chi connectivity index (χ1v) is 4.89. The summed E-state index contributed by atoms with van der Waals surface area (Å²) in [5, 5.41) is -0.451. The van der Waals surface area contributed by atoms with Crippen LogP contribution in [0, 0.1) is 5.82 Å². The molecule has 0 aliphatic carbocycles. The lowest BCUT2D eigenvalue weighted by Gasteiger charge is -2.07. The van der Waals surface area contributed by atoms with Crippen molar-refractivity contribution in [1.82, 2.24) is 0 Å². The number of thioether (sulfide) groups is 1. The number of carbonyl (C=O) groups excluding carboxylic acids is 1. The number of hydrogen-bond acceptors (Lipinski definition) is 3. The van der Waals surface area contributed by atoms with Gasteiger partial charge >= 0.3 is 0 Å². The molecule has 3 nitrogen and oxygen atoms in total. The Kier molecular flexibility index (Phi) is 3.35. The van der Waals surface area contributed by atoms with Gasteiger partial charge in [0.15, 0.2) is 0 Å². The second-order valence-corrected chi connectivity index (χ2v) is 4.23. The smallest absolute Gasteiger partial charge is 0.230 e. The molecule has 1 aromatic carbocycles. The first-order chi connectivity index (χ1) is 6.50. The van der Waals surface area contributed by atoms with Crippen LogP contribution in [0.3, 0.4) is 0 Å². The van der Waals surface area contributed by atoms with Gasteiger partial charge in [0.25, 0.3) is 0 Å². The molecule has 5 heteroatoms. The van der Waals surface area contributed by atoms with E-state index < -0.39 is 17.0 Å². The molecule has 1 rings (SSSR count). The molecular weight excluding hydrogens is 203 g/mol. The van der Waals surface area contributed by atoms with Crippen molar-refractivity contribution in [3.63, 3.8) is 0 Å². The van der Waals surface area contributed by atoms with E-state index in [4.69, 9.17) is 11.5 Å². The molecule has 0 radical (unpaired) electrons. The van der Waals surface area contributed by atoms with E-state index in [1.807, 2.05) is 0 Å². The summed E-state index contributed by atoms with van der Waals surface area (Å²) in [7, 11) is 0. The minimum atomic E-state index is -0.466. The highest BCUT2D eigenvalue weighted by molar-refractivity contribution is 8.00. The fraction of sp³-hybridized carbons (Fsp3) is 0.222. The molecule has 1 amide bonds. The number of hydrogen-bond donors (Lipinski definition) is 2. The average molecular weight is 214 g/mol. The fourth-order valence-electron chi connectivity index (χ4n) is 0.861. The predicted octanol–water partition coefficient (Wildman–Crippen LogP) is 1.37. The van der Waals surface area contributed by atoms with Gasteiger partial charge in [-0.05, 0) is 25.1 Å². The third kappa shape index (κ3) is 2.63. The third-order valence-electron chi connectivity index (χ3n) is 1.66. The maximum atomic E-state index is 13.2. The number of primary amides is 1. The van der Waals surface area contributed by atoms with E-state index in [-0.39, 0.29) is 0 Å². The normalized spacial score (nSPS) is 12.4. The Bertz CT molecular complexity index is 357. The predicted molar refractivity (Wildman–Crippen MR) is 55.3 cm³/mol. The van der Waals surface area contributed by atoms with Crippen LogP contribution in [0.5, 0.6) is 0 Å². The molecule has 0 heterocycles. The van der Waals surface area contributed by atoms with E-state index in [2.05, 4.69) is 0 Å². The van der Waals surface area contributed by atoms with Crippen LogP contribution in [0.2, 0.25) is 0 Å². The molecule has 0 bridgehead atoms. The van der Waals surface area contributed by atoms with Crippen molar-refractivity contribution < 1.29 is 9.18 Å². The van der Waals surface area contributed by atoms with E-state index in [0.29, 0.717) is 10.6 Å². The van der Waals surface area contributed by atoms with Crippen molar-refractivity contribution in [3.8, 4) is 0 Å². The van der Waals surface area contributed by atoms with E-state index in [1.165, 1.54) is 12.1 Å². The minimum absolute atomic E-state index is 0.360. The number of rotatable bonds is 3. The topological polar surface area (TPSA) is 69.1 Å². The Labute approximate surface area is 85.7 Å². The number of anilines is 1. The molecule has 76 valence electrons. The minimum Gasteiger partial charge on any atom is -0.399 e. The van der Waals surface area contributed by atoms with Crippen LogP contribution in [0.25, 0.3) is 0 Å². The molecule has 0 saturated carbocycles. The van der Waals surface area contributed by atoms with Gasteiger partial charge in [-0.2, -0.15) is 0 Å². The highest BCUT2D eigenvalue weighted by Crippen LogP contribution is 2.26. The van der Waals surface area contributed by atoms with Gasteiger partial charge in [0, 0.05) is 10.6 Å². The van der Waals surface area contributed by atoms with Crippen molar-refractivity contribution in [1.29, 1.82) is 0 Å². The first kappa shape index (κ1) is 10.8. The SMILES string of the molecule is CC(Sc1ccc(N)cc1F)C(N)=O. The van der Waals surface area contributed by atoms with Gasteiger partial charge in [-0.1, -0.05) is 0 Å². The Morgan fingerprint density at radius 1 is 1.57 bits per heavy atom. The zero-order valence-electron chi connectivity index (χ0n) is 7.66. The number of nitrogens with two attached hydrogens (primary N) is 2. The second-order valence-electron chi connectivity index (χ2n) is 2.85. The summed E-state index contributed by atoms with van der Waals surface area (Å²) in [6.07, 6.45) is 0. The Morgan fingerprint density at radius 3 is 2.71 bits per heavy atom. The van der Waals surface area contributed by atoms with E-state index in [1.54, 1.807) is 13.0 Å². The zero-order valence-corrected chi connectivity index (χ0v) is 8.48. The summed E-state index contributed by atoms with van der Waals surface area (Å²) in [5.74, 6) is -0.894. The lowest BCUT2D eigenvalue weighted by atomic mass is 10.3. The zero-order chi connectivity index (χ0) is 10.7. The second kappa shape index (κ2) is 4.32. The lowest BCUT2D eigenvalue weighted by Crippen LogP contribution is -2.22. The Morgan fingerprint density at radius 2 is 2.21 bits per heavy atom. The van der Waals surface area contributed by atoms with Gasteiger partial charge in [0.2, 0.25) is 5.91 Å². The lowest BCUT2D eigenvalue weighted by molar-refractivity contribution is -0.117. The largest absolute Gasteiger partial charge is 0.399 e. The number of benzene rings is 1. The number of carbonyl (C=O) groups is 1. The summed E-state index contributed by atoms with van der Waals surface area (Å²) in [4.78, 5) is 11.1. The number of amides is 1. The van der Waals surface area contributed by atoms with Crippen LogP contribution in [-0.4, -0.2) is 11.2 Å². The fourth-order valence-corrected chi connectivity index (χ4v) is 1.68. The summed E-state index contributed by atoms with van der Waals surface area (Å²) >= 11 is 1.08. The summed E-state index contributed by atoms with van der Waals surface area (Å²) in [5.41, 5.74) is 10.8. The molecule has 0 aliphatic heterocycles. The number of nitrogen functional groups attached to an aromatic ring is 1. The quantitative estimate of drug-likeness (QED) is 0.590. The van der Waals surface area contributed by atoms with E-state index in [9.17, 15) is 9.18 Å². The van der Waals surface area contributed by atoms with Crippen molar-refractivity contribution in [3.05, 3.63) is 24.0 Å². The van der Waals surface area contributed by atoms with Crippen LogP contribution in [-0.2, 0) is 4.79 Å². The van der Waals surface area contributed by atoms with Gasteiger partial charge in [0.05, 0.1) is 5.25 Å². The van der Waals surface area contributed by atoms with Crippen LogP contribution in [0.1, 0.15) is 6.92 Å². The average Bonchev–Trinajstić information content (AvgIpc) is 2.09. The number of halogens is 1. The molecule has 0 saturated heterocycles. The maximum absolute atomic E-state index is 13.2. The molecule has 1 atom stereocenters. The molecule has 0 spiro atoms. The molecule has 0 aromatic heterocycles.